The maximum Gasteiger partial charge on any atom is 0.250 e. The van der Waals surface area contributed by atoms with Gasteiger partial charge in [-0.1, -0.05) is 32.3 Å². The maximum absolute atomic E-state index is 11.5. The molecule has 0 amide bonds. The quantitative estimate of drug-likeness (QED) is 0.800. The Labute approximate surface area is 116 Å². The van der Waals surface area contributed by atoms with Gasteiger partial charge in [0.15, 0.2) is 0 Å². The molecule has 1 aliphatic carbocycles. The first kappa shape index (κ1) is 14.3. The standard InChI is InChI=1S/C16H26N2O/c1-2-14-6-8-15(9-7-14)13-17-10-12-18-11-4-3-5-16(18)19/h3-5,11,14-15,17H,2,6-10,12-13H2,1H3. The average Bonchev–Trinajstić information content (AvgIpc) is 2.46. The predicted octanol–water partition coefficient (Wildman–Crippen LogP) is 2.65. The highest BCUT2D eigenvalue weighted by molar-refractivity contribution is 4.93. The third-order valence-electron chi connectivity index (χ3n) is 4.41. The van der Waals surface area contributed by atoms with Gasteiger partial charge in [0.25, 0.3) is 5.56 Å². The molecule has 1 N–H and O–H groups in total. The molecule has 1 aliphatic rings. The third-order valence-corrected chi connectivity index (χ3v) is 4.41. The van der Waals surface area contributed by atoms with Crippen LogP contribution in [0.2, 0.25) is 0 Å². The summed E-state index contributed by atoms with van der Waals surface area (Å²) in [5.41, 5.74) is 0.0905. The Bertz CT molecular complexity index is 419. The number of hydrogen-bond acceptors (Lipinski definition) is 2. The van der Waals surface area contributed by atoms with Crippen molar-refractivity contribution in [2.75, 3.05) is 13.1 Å². The fraction of sp³-hybridized carbons (Fsp3) is 0.688. The summed E-state index contributed by atoms with van der Waals surface area (Å²) < 4.78 is 1.76. The van der Waals surface area contributed by atoms with Crippen molar-refractivity contribution in [2.45, 2.75) is 45.6 Å². The lowest BCUT2D eigenvalue weighted by atomic mass is 9.81. The minimum Gasteiger partial charge on any atom is -0.315 e. The highest BCUT2D eigenvalue weighted by Crippen LogP contribution is 2.29. The summed E-state index contributed by atoms with van der Waals surface area (Å²) in [5, 5.41) is 3.50. The molecule has 1 fully saturated rings. The van der Waals surface area contributed by atoms with Crippen LogP contribution >= 0.6 is 0 Å². The molecule has 1 saturated carbocycles. The second-order valence-corrected chi connectivity index (χ2v) is 5.73. The minimum atomic E-state index is 0.0905. The van der Waals surface area contributed by atoms with E-state index in [2.05, 4.69) is 12.2 Å². The largest absolute Gasteiger partial charge is 0.315 e. The number of pyridine rings is 1. The molecule has 1 heterocycles. The van der Waals surface area contributed by atoms with E-state index in [4.69, 9.17) is 0 Å². The third kappa shape index (κ3) is 4.50. The molecular formula is C16H26N2O. The van der Waals surface area contributed by atoms with Gasteiger partial charge in [-0.2, -0.15) is 0 Å². The molecule has 0 atom stereocenters. The summed E-state index contributed by atoms with van der Waals surface area (Å²) >= 11 is 0. The first-order valence-electron chi connectivity index (χ1n) is 7.65. The number of rotatable bonds is 6. The van der Waals surface area contributed by atoms with E-state index < -0.39 is 0 Å². The second-order valence-electron chi connectivity index (χ2n) is 5.73. The number of nitrogens with one attached hydrogen (secondary N) is 1. The number of hydrogen-bond donors (Lipinski definition) is 1. The monoisotopic (exact) mass is 262 g/mol. The molecule has 1 aromatic heterocycles. The smallest absolute Gasteiger partial charge is 0.250 e. The average molecular weight is 262 g/mol. The molecule has 3 nitrogen and oxygen atoms in total. The topological polar surface area (TPSA) is 34.0 Å². The van der Waals surface area contributed by atoms with Gasteiger partial charge in [0.2, 0.25) is 0 Å². The molecule has 0 aliphatic heterocycles. The van der Waals surface area contributed by atoms with Crippen molar-refractivity contribution in [2.24, 2.45) is 11.8 Å². The molecule has 3 heteroatoms. The van der Waals surface area contributed by atoms with Crippen LogP contribution in [-0.4, -0.2) is 17.7 Å². The van der Waals surface area contributed by atoms with Crippen LogP contribution in [0.3, 0.4) is 0 Å². The van der Waals surface area contributed by atoms with Gasteiger partial charge in [-0.05, 0) is 37.3 Å². The van der Waals surface area contributed by atoms with Crippen LogP contribution < -0.4 is 10.9 Å². The van der Waals surface area contributed by atoms with Crippen LogP contribution in [0.5, 0.6) is 0 Å². The fourth-order valence-electron chi connectivity index (χ4n) is 2.99. The summed E-state index contributed by atoms with van der Waals surface area (Å²) in [4.78, 5) is 11.5. The highest BCUT2D eigenvalue weighted by Gasteiger charge is 2.19. The van der Waals surface area contributed by atoms with E-state index in [0.717, 1.165) is 31.5 Å². The number of aromatic nitrogens is 1. The SMILES string of the molecule is CCC1CCC(CNCCn2ccccc2=O)CC1. The molecule has 1 aromatic rings. The van der Waals surface area contributed by atoms with E-state index in [1.165, 1.54) is 32.1 Å². The Balaban J connectivity index is 1.63. The van der Waals surface area contributed by atoms with Crippen LogP contribution in [0.4, 0.5) is 0 Å². The van der Waals surface area contributed by atoms with E-state index in [-0.39, 0.29) is 5.56 Å². The molecule has 0 aromatic carbocycles. The molecule has 106 valence electrons. The molecule has 0 radical (unpaired) electrons. The molecule has 19 heavy (non-hydrogen) atoms. The molecule has 0 bridgehead atoms. The molecular weight excluding hydrogens is 236 g/mol. The Morgan fingerprint density at radius 1 is 1.21 bits per heavy atom. The van der Waals surface area contributed by atoms with E-state index in [1.54, 1.807) is 16.7 Å². The van der Waals surface area contributed by atoms with Crippen LogP contribution in [-0.2, 0) is 6.54 Å². The van der Waals surface area contributed by atoms with Crippen LogP contribution in [0.25, 0.3) is 0 Å². The summed E-state index contributed by atoms with van der Waals surface area (Å²) in [6.45, 7) is 5.07. The first-order valence-corrected chi connectivity index (χ1v) is 7.65. The fourth-order valence-corrected chi connectivity index (χ4v) is 2.99. The molecule has 0 saturated heterocycles. The summed E-state index contributed by atoms with van der Waals surface area (Å²) in [5.74, 6) is 1.81. The van der Waals surface area contributed by atoms with Crippen molar-refractivity contribution in [3.8, 4) is 0 Å². The summed E-state index contributed by atoms with van der Waals surface area (Å²) in [6, 6.07) is 5.32. The normalized spacial score (nSPS) is 23.4. The molecule has 2 rings (SSSR count). The Hall–Kier alpha value is -1.09. The van der Waals surface area contributed by atoms with Gasteiger partial charge in [-0.15, -0.1) is 0 Å². The zero-order valence-electron chi connectivity index (χ0n) is 12.0. The van der Waals surface area contributed by atoms with Crippen molar-refractivity contribution in [1.29, 1.82) is 0 Å². The second kappa shape index (κ2) is 7.49. The van der Waals surface area contributed by atoms with Crippen molar-refractivity contribution in [3.05, 3.63) is 34.7 Å². The molecule has 0 spiro atoms. The lowest BCUT2D eigenvalue weighted by Crippen LogP contribution is -2.31. The van der Waals surface area contributed by atoms with Gasteiger partial charge >= 0.3 is 0 Å². The van der Waals surface area contributed by atoms with Gasteiger partial charge in [0, 0.05) is 25.4 Å². The Kier molecular flexibility index (Phi) is 5.64. The minimum absolute atomic E-state index is 0.0905. The lowest BCUT2D eigenvalue weighted by Gasteiger charge is -2.27. The zero-order valence-corrected chi connectivity index (χ0v) is 12.0. The van der Waals surface area contributed by atoms with Crippen molar-refractivity contribution < 1.29 is 0 Å². The van der Waals surface area contributed by atoms with Gasteiger partial charge in [-0.25, -0.2) is 0 Å². The Morgan fingerprint density at radius 3 is 2.63 bits per heavy atom. The summed E-state index contributed by atoms with van der Waals surface area (Å²) in [6.07, 6.45) is 8.75. The van der Waals surface area contributed by atoms with Crippen molar-refractivity contribution in [1.82, 2.24) is 9.88 Å². The van der Waals surface area contributed by atoms with Crippen molar-refractivity contribution >= 4 is 0 Å². The van der Waals surface area contributed by atoms with Crippen LogP contribution in [0.15, 0.2) is 29.2 Å². The molecule has 0 unspecified atom stereocenters. The summed E-state index contributed by atoms with van der Waals surface area (Å²) in [7, 11) is 0. The lowest BCUT2D eigenvalue weighted by molar-refractivity contribution is 0.262. The van der Waals surface area contributed by atoms with Gasteiger partial charge in [0.05, 0.1) is 0 Å². The highest BCUT2D eigenvalue weighted by atomic mass is 16.1. The van der Waals surface area contributed by atoms with E-state index in [9.17, 15) is 4.79 Å². The van der Waals surface area contributed by atoms with Gasteiger partial charge in [0.1, 0.15) is 0 Å². The van der Waals surface area contributed by atoms with E-state index >= 15 is 0 Å². The van der Waals surface area contributed by atoms with Crippen LogP contribution in [0.1, 0.15) is 39.0 Å². The van der Waals surface area contributed by atoms with Gasteiger partial charge < -0.3 is 9.88 Å². The van der Waals surface area contributed by atoms with E-state index in [0.29, 0.717) is 0 Å². The maximum atomic E-state index is 11.5. The predicted molar refractivity (Wildman–Crippen MR) is 79.3 cm³/mol. The number of nitrogens with zero attached hydrogens (tertiary/aromatic N) is 1. The van der Waals surface area contributed by atoms with Gasteiger partial charge in [-0.3, -0.25) is 4.79 Å². The van der Waals surface area contributed by atoms with Crippen LogP contribution in [0, 0.1) is 11.8 Å². The van der Waals surface area contributed by atoms with E-state index in [1.807, 2.05) is 12.3 Å². The van der Waals surface area contributed by atoms with Crippen molar-refractivity contribution in [3.63, 3.8) is 0 Å². The zero-order chi connectivity index (χ0) is 13.5. The Morgan fingerprint density at radius 2 is 1.95 bits per heavy atom. The first-order chi connectivity index (χ1) is 9.29.